The molecule has 24 heavy (non-hydrogen) atoms. The van der Waals surface area contributed by atoms with Crippen LogP contribution in [0, 0.1) is 0 Å². The van der Waals surface area contributed by atoms with Crippen molar-refractivity contribution in [3.8, 4) is 11.4 Å². The van der Waals surface area contributed by atoms with Crippen LogP contribution in [0.15, 0.2) is 67.1 Å². The third kappa shape index (κ3) is 2.65. The van der Waals surface area contributed by atoms with E-state index < -0.39 is 0 Å². The standard InChI is InChI=1S/C19H17N3O2/c23-19(17-12-20-13-22(17)14-6-2-1-3-7-14)21-16-10-11-24-18-9-5-4-8-15(16)18/h1-9,12-13,16H,10-11H2,(H,21,23). The van der Waals surface area contributed by atoms with Crippen LogP contribution in [0.1, 0.15) is 28.5 Å². The van der Waals surface area contributed by atoms with Gasteiger partial charge in [0.25, 0.3) is 5.91 Å². The summed E-state index contributed by atoms with van der Waals surface area (Å²) in [7, 11) is 0. The molecule has 5 heteroatoms. The van der Waals surface area contributed by atoms with Gasteiger partial charge >= 0.3 is 0 Å². The third-order valence-corrected chi connectivity index (χ3v) is 4.17. The minimum absolute atomic E-state index is 0.0541. The average Bonchev–Trinajstić information content (AvgIpc) is 3.13. The highest BCUT2D eigenvalue weighted by atomic mass is 16.5. The third-order valence-electron chi connectivity index (χ3n) is 4.17. The maximum absolute atomic E-state index is 12.8. The molecule has 2 aromatic carbocycles. The van der Waals surface area contributed by atoms with Crippen LogP contribution in [0.3, 0.4) is 0 Å². The van der Waals surface area contributed by atoms with Crippen LogP contribution in [-0.2, 0) is 0 Å². The summed E-state index contributed by atoms with van der Waals surface area (Å²) in [6.45, 7) is 0.597. The molecule has 0 aliphatic carbocycles. The van der Waals surface area contributed by atoms with Crippen molar-refractivity contribution >= 4 is 5.91 Å². The Bertz CT molecular complexity index is 858. The number of carbonyl (C=O) groups is 1. The minimum Gasteiger partial charge on any atom is -0.493 e. The average molecular weight is 319 g/mol. The zero-order valence-corrected chi connectivity index (χ0v) is 13.1. The number of para-hydroxylation sites is 2. The predicted molar refractivity (Wildman–Crippen MR) is 90.3 cm³/mol. The molecule has 0 saturated heterocycles. The van der Waals surface area contributed by atoms with Crippen molar-refractivity contribution in [2.24, 2.45) is 0 Å². The van der Waals surface area contributed by atoms with Crippen molar-refractivity contribution in [3.05, 3.63) is 78.4 Å². The first-order valence-electron chi connectivity index (χ1n) is 7.93. The molecule has 1 atom stereocenters. The number of rotatable bonds is 3. The van der Waals surface area contributed by atoms with Crippen molar-refractivity contribution in [1.29, 1.82) is 0 Å². The molecule has 1 unspecified atom stereocenters. The normalized spacial score (nSPS) is 16.1. The first-order chi connectivity index (χ1) is 11.8. The number of aromatic nitrogens is 2. The van der Waals surface area contributed by atoms with Gasteiger partial charge in [-0.05, 0) is 18.2 Å². The predicted octanol–water partition coefficient (Wildman–Crippen LogP) is 3.13. The van der Waals surface area contributed by atoms with E-state index in [-0.39, 0.29) is 11.9 Å². The van der Waals surface area contributed by atoms with Gasteiger partial charge in [-0.2, -0.15) is 0 Å². The van der Waals surface area contributed by atoms with Gasteiger partial charge in [0.2, 0.25) is 0 Å². The molecule has 0 bridgehead atoms. The Morgan fingerprint density at radius 2 is 1.92 bits per heavy atom. The van der Waals surface area contributed by atoms with E-state index in [4.69, 9.17) is 4.74 Å². The molecule has 0 radical (unpaired) electrons. The molecule has 5 nitrogen and oxygen atoms in total. The second-order valence-electron chi connectivity index (χ2n) is 5.69. The zero-order chi connectivity index (χ0) is 16.4. The largest absolute Gasteiger partial charge is 0.493 e. The molecule has 1 aromatic heterocycles. The summed E-state index contributed by atoms with van der Waals surface area (Å²) in [6, 6.07) is 17.5. The topological polar surface area (TPSA) is 56.1 Å². The Balaban J connectivity index is 1.60. The van der Waals surface area contributed by atoms with Crippen LogP contribution in [-0.4, -0.2) is 22.1 Å². The summed E-state index contributed by atoms with van der Waals surface area (Å²) < 4.78 is 7.44. The monoisotopic (exact) mass is 319 g/mol. The zero-order valence-electron chi connectivity index (χ0n) is 13.1. The molecule has 1 amide bonds. The summed E-state index contributed by atoms with van der Waals surface area (Å²) >= 11 is 0. The van der Waals surface area contributed by atoms with Gasteiger partial charge in [0.15, 0.2) is 0 Å². The van der Waals surface area contributed by atoms with E-state index >= 15 is 0 Å². The molecular weight excluding hydrogens is 302 g/mol. The Kier molecular flexibility index (Phi) is 3.75. The van der Waals surface area contributed by atoms with Gasteiger partial charge in [-0.25, -0.2) is 4.98 Å². The van der Waals surface area contributed by atoms with E-state index in [1.54, 1.807) is 17.1 Å². The van der Waals surface area contributed by atoms with E-state index in [9.17, 15) is 4.79 Å². The summed E-state index contributed by atoms with van der Waals surface area (Å²) in [6.07, 6.45) is 4.00. The van der Waals surface area contributed by atoms with Gasteiger partial charge in [0.05, 0.1) is 25.2 Å². The highest BCUT2D eigenvalue weighted by molar-refractivity contribution is 5.93. The Morgan fingerprint density at radius 1 is 1.12 bits per heavy atom. The van der Waals surface area contributed by atoms with Crippen molar-refractivity contribution in [1.82, 2.24) is 14.9 Å². The Morgan fingerprint density at radius 3 is 2.79 bits per heavy atom. The van der Waals surface area contributed by atoms with Crippen molar-refractivity contribution in [2.75, 3.05) is 6.61 Å². The summed E-state index contributed by atoms with van der Waals surface area (Å²) in [5.74, 6) is 0.698. The number of nitrogens with zero attached hydrogens (tertiary/aromatic N) is 2. The molecule has 4 rings (SSSR count). The van der Waals surface area contributed by atoms with E-state index in [0.717, 1.165) is 23.4 Å². The highest BCUT2D eigenvalue weighted by Gasteiger charge is 2.24. The lowest BCUT2D eigenvalue weighted by atomic mass is 10.0. The molecule has 0 spiro atoms. The first-order valence-corrected chi connectivity index (χ1v) is 7.93. The van der Waals surface area contributed by atoms with E-state index in [1.165, 1.54) is 0 Å². The molecule has 1 N–H and O–H groups in total. The number of fused-ring (bicyclic) bond motifs is 1. The number of imidazole rings is 1. The van der Waals surface area contributed by atoms with Crippen molar-refractivity contribution in [3.63, 3.8) is 0 Å². The maximum atomic E-state index is 12.8. The quantitative estimate of drug-likeness (QED) is 0.807. The Hall–Kier alpha value is -3.08. The lowest BCUT2D eigenvalue weighted by molar-refractivity contribution is 0.0918. The van der Waals surface area contributed by atoms with Crippen LogP contribution in [0.5, 0.6) is 5.75 Å². The molecule has 1 aliphatic heterocycles. The molecular formula is C19H17N3O2. The first kappa shape index (κ1) is 14.5. The number of benzene rings is 2. The number of nitrogens with one attached hydrogen (secondary N) is 1. The number of ether oxygens (including phenoxy) is 1. The van der Waals surface area contributed by atoms with Crippen LogP contribution in [0.25, 0.3) is 5.69 Å². The number of carbonyl (C=O) groups excluding carboxylic acids is 1. The lowest BCUT2D eigenvalue weighted by Gasteiger charge is -2.26. The van der Waals surface area contributed by atoms with Crippen LogP contribution >= 0.6 is 0 Å². The fourth-order valence-corrected chi connectivity index (χ4v) is 2.98. The van der Waals surface area contributed by atoms with E-state index in [0.29, 0.717) is 12.3 Å². The van der Waals surface area contributed by atoms with Crippen LogP contribution < -0.4 is 10.1 Å². The summed E-state index contributed by atoms with van der Waals surface area (Å²) in [4.78, 5) is 16.9. The molecule has 0 saturated carbocycles. The van der Waals surface area contributed by atoms with Gasteiger partial charge in [-0.1, -0.05) is 36.4 Å². The maximum Gasteiger partial charge on any atom is 0.270 e. The van der Waals surface area contributed by atoms with Crippen LogP contribution in [0.2, 0.25) is 0 Å². The lowest BCUT2D eigenvalue weighted by Crippen LogP contribution is -2.33. The molecule has 2 heterocycles. The SMILES string of the molecule is O=C(NC1CCOc2ccccc21)c1cncn1-c1ccccc1. The second-order valence-corrected chi connectivity index (χ2v) is 5.69. The Labute approximate surface area is 139 Å². The summed E-state index contributed by atoms with van der Waals surface area (Å²) in [5, 5.41) is 3.11. The van der Waals surface area contributed by atoms with Crippen LogP contribution in [0.4, 0.5) is 0 Å². The fourth-order valence-electron chi connectivity index (χ4n) is 2.98. The van der Waals surface area contributed by atoms with Gasteiger partial charge < -0.3 is 10.1 Å². The van der Waals surface area contributed by atoms with Gasteiger partial charge in [0.1, 0.15) is 11.4 Å². The van der Waals surface area contributed by atoms with Gasteiger partial charge in [-0.15, -0.1) is 0 Å². The summed E-state index contributed by atoms with van der Waals surface area (Å²) in [5.41, 5.74) is 2.44. The smallest absolute Gasteiger partial charge is 0.270 e. The van der Waals surface area contributed by atoms with Crippen molar-refractivity contribution < 1.29 is 9.53 Å². The van der Waals surface area contributed by atoms with E-state index in [2.05, 4.69) is 10.3 Å². The number of hydrogen-bond acceptors (Lipinski definition) is 3. The van der Waals surface area contributed by atoms with Gasteiger partial charge in [0, 0.05) is 17.7 Å². The van der Waals surface area contributed by atoms with Crippen molar-refractivity contribution in [2.45, 2.75) is 12.5 Å². The van der Waals surface area contributed by atoms with Gasteiger partial charge in [-0.3, -0.25) is 9.36 Å². The molecule has 120 valence electrons. The number of hydrogen-bond donors (Lipinski definition) is 1. The molecule has 3 aromatic rings. The fraction of sp³-hybridized carbons (Fsp3) is 0.158. The minimum atomic E-state index is -0.141. The molecule has 0 fully saturated rings. The van der Waals surface area contributed by atoms with E-state index in [1.807, 2.05) is 54.6 Å². The molecule has 1 aliphatic rings. The number of amides is 1. The highest BCUT2D eigenvalue weighted by Crippen LogP contribution is 2.31. The second kappa shape index (κ2) is 6.20.